The van der Waals surface area contributed by atoms with Crippen molar-refractivity contribution in [3.05, 3.63) is 41.2 Å². The quantitative estimate of drug-likeness (QED) is 0.645. The summed E-state index contributed by atoms with van der Waals surface area (Å²) in [6.07, 6.45) is 1.81. The van der Waals surface area contributed by atoms with Gasteiger partial charge in [-0.3, -0.25) is 4.99 Å². The van der Waals surface area contributed by atoms with E-state index in [4.69, 9.17) is 4.42 Å². The molecule has 7 heteroatoms. The van der Waals surface area contributed by atoms with Gasteiger partial charge in [-0.15, -0.1) is 0 Å². The number of pyridine rings is 1. The molecule has 0 unspecified atom stereocenters. The number of hydrogen-bond acceptors (Lipinski definition) is 5. The van der Waals surface area contributed by atoms with Crippen LogP contribution in [-0.2, 0) is 13.1 Å². The summed E-state index contributed by atoms with van der Waals surface area (Å²) in [5.41, 5.74) is 2.05. The molecule has 2 N–H and O–H groups in total. The van der Waals surface area contributed by atoms with E-state index < -0.39 is 0 Å². The first-order chi connectivity index (χ1) is 11.0. The zero-order valence-corrected chi connectivity index (χ0v) is 14.3. The molecule has 0 fully saturated rings. The van der Waals surface area contributed by atoms with Crippen LogP contribution in [-0.4, -0.2) is 37.1 Å². The second-order valence-corrected chi connectivity index (χ2v) is 5.45. The van der Waals surface area contributed by atoms with Gasteiger partial charge in [-0.1, -0.05) is 0 Å². The third-order valence-corrected chi connectivity index (χ3v) is 3.43. The number of aliphatic imine (C=N–C) groups is 1. The standard InChI is InChI=1S/C16H24N6O/c1-11-12(2)23-15(21-11)10-20-16(17-3)19-9-13-6-7-18-14(8-13)22(4)5/h6-8H,9-10H2,1-5H3,(H2,17,19,20). The largest absolute Gasteiger partial charge is 0.444 e. The number of aromatic nitrogens is 2. The number of hydrogen-bond donors (Lipinski definition) is 2. The van der Waals surface area contributed by atoms with Gasteiger partial charge in [-0.25, -0.2) is 9.97 Å². The van der Waals surface area contributed by atoms with Crippen LogP contribution < -0.4 is 15.5 Å². The lowest BCUT2D eigenvalue weighted by Gasteiger charge is -2.14. The Morgan fingerprint density at radius 1 is 1.26 bits per heavy atom. The highest BCUT2D eigenvalue weighted by Gasteiger charge is 2.06. The normalized spacial score (nSPS) is 11.4. The van der Waals surface area contributed by atoms with E-state index in [0.29, 0.717) is 24.9 Å². The average molecular weight is 316 g/mol. The van der Waals surface area contributed by atoms with Gasteiger partial charge in [0.05, 0.1) is 12.2 Å². The maximum Gasteiger partial charge on any atom is 0.214 e. The van der Waals surface area contributed by atoms with Crippen molar-refractivity contribution in [1.82, 2.24) is 20.6 Å². The molecule has 124 valence electrons. The van der Waals surface area contributed by atoms with Crippen molar-refractivity contribution in [3.63, 3.8) is 0 Å². The summed E-state index contributed by atoms with van der Waals surface area (Å²) in [5.74, 6) is 3.12. The van der Waals surface area contributed by atoms with Crippen LogP contribution >= 0.6 is 0 Å². The van der Waals surface area contributed by atoms with Crippen LogP contribution in [0.3, 0.4) is 0 Å². The van der Waals surface area contributed by atoms with Crippen LogP contribution in [0.4, 0.5) is 5.82 Å². The molecular formula is C16H24N6O. The monoisotopic (exact) mass is 316 g/mol. The van der Waals surface area contributed by atoms with Crippen LogP contribution in [0.1, 0.15) is 22.9 Å². The van der Waals surface area contributed by atoms with Crippen molar-refractivity contribution in [2.45, 2.75) is 26.9 Å². The Balaban J connectivity index is 1.89. The molecule has 0 aliphatic rings. The van der Waals surface area contributed by atoms with Gasteiger partial charge in [0.1, 0.15) is 11.6 Å². The summed E-state index contributed by atoms with van der Waals surface area (Å²) in [6, 6.07) is 4.02. The van der Waals surface area contributed by atoms with Gasteiger partial charge in [0.15, 0.2) is 5.96 Å². The zero-order valence-electron chi connectivity index (χ0n) is 14.3. The maximum absolute atomic E-state index is 5.54. The van der Waals surface area contributed by atoms with Crippen molar-refractivity contribution in [2.24, 2.45) is 4.99 Å². The van der Waals surface area contributed by atoms with E-state index in [1.807, 2.05) is 45.0 Å². The van der Waals surface area contributed by atoms with E-state index in [9.17, 15) is 0 Å². The molecule has 2 aromatic rings. The smallest absolute Gasteiger partial charge is 0.214 e. The van der Waals surface area contributed by atoms with E-state index in [1.165, 1.54) is 0 Å². The van der Waals surface area contributed by atoms with Crippen LogP contribution in [0, 0.1) is 13.8 Å². The molecule has 0 aliphatic heterocycles. The third-order valence-electron chi connectivity index (χ3n) is 3.43. The zero-order chi connectivity index (χ0) is 16.8. The number of rotatable bonds is 5. The van der Waals surface area contributed by atoms with E-state index in [2.05, 4.69) is 25.6 Å². The molecule has 0 saturated carbocycles. The molecule has 2 heterocycles. The summed E-state index contributed by atoms with van der Waals surface area (Å²) in [6.45, 7) is 4.99. The van der Waals surface area contributed by atoms with Gasteiger partial charge in [0.2, 0.25) is 5.89 Å². The molecular weight excluding hydrogens is 292 g/mol. The molecule has 0 atom stereocenters. The predicted octanol–water partition coefficient (Wildman–Crippen LogP) is 1.62. The molecule has 0 aromatic carbocycles. The predicted molar refractivity (Wildman–Crippen MR) is 91.6 cm³/mol. The Morgan fingerprint density at radius 3 is 2.61 bits per heavy atom. The number of aryl methyl sites for hydroxylation is 2. The Bertz CT molecular complexity index is 657. The Hall–Kier alpha value is -2.57. The second kappa shape index (κ2) is 7.62. The first-order valence-electron chi connectivity index (χ1n) is 7.49. The lowest BCUT2D eigenvalue weighted by Crippen LogP contribution is -2.36. The number of oxazole rings is 1. The van der Waals surface area contributed by atoms with E-state index in [1.54, 1.807) is 13.2 Å². The minimum absolute atomic E-state index is 0.494. The molecule has 23 heavy (non-hydrogen) atoms. The Morgan fingerprint density at radius 2 is 2.00 bits per heavy atom. The first-order valence-corrected chi connectivity index (χ1v) is 7.49. The first kappa shape index (κ1) is 16.8. The minimum Gasteiger partial charge on any atom is -0.444 e. The molecule has 0 bridgehead atoms. The number of guanidine groups is 1. The molecule has 0 spiro atoms. The summed E-state index contributed by atoms with van der Waals surface area (Å²) in [7, 11) is 5.68. The lowest BCUT2D eigenvalue weighted by molar-refractivity contribution is 0.463. The van der Waals surface area contributed by atoms with Crippen LogP contribution in [0.2, 0.25) is 0 Å². The van der Waals surface area contributed by atoms with Gasteiger partial charge in [-0.2, -0.15) is 0 Å². The van der Waals surface area contributed by atoms with Crippen LogP contribution in [0.25, 0.3) is 0 Å². The molecule has 0 saturated heterocycles. The fourth-order valence-electron chi connectivity index (χ4n) is 2.00. The molecule has 0 radical (unpaired) electrons. The van der Waals surface area contributed by atoms with E-state index in [-0.39, 0.29) is 0 Å². The average Bonchev–Trinajstić information content (AvgIpc) is 2.86. The van der Waals surface area contributed by atoms with Crippen molar-refractivity contribution in [2.75, 3.05) is 26.0 Å². The van der Waals surface area contributed by atoms with E-state index in [0.717, 1.165) is 22.8 Å². The fraction of sp³-hybridized carbons (Fsp3) is 0.438. The summed E-state index contributed by atoms with van der Waals surface area (Å²) >= 11 is 0. The number of nitrogens with one attached hydrogen (secondary N) is 2. The van der Waals surface area contributed by atoms with Gasteiger partial charge in [0, 0.05) is 33.9 Å². The molecule has 7 nitrogen and oxygen atoms in total. The lowest BCUT2D eigenvalue weighted by atomic mass is 10.2. The second-order valence-electron chi connectivity index (χ2n) is 5.45. The van der Waals surface area contributed by atoms with Crippen LogP contribution in [0.15, 0.2) is 27.7 Å². The Labute approximate surface area is 136 Å². The highest BCUT2D eigenvalue weighted by atomic mass is 16.4. The number of anilines is 1. The summed E-state index contributed by atoms with van der Waals surface area (Å²) in [4.78, 5) is 14.8. The van der Waals surface area contributed by atoms with Crippen molar-refractivity contribution in [3.8, 4) is 0 Å². The summed E-state index contributed by atoms with van der Waals surface area (Å²) < 4.78 is 5.54. The SMILES string of the molecule is CN=C(NCc1ccnc(N(C)C)c1)NCc1nc(C)c(C)o1. The third kappa shape index (κ3) is 4.70. The molecule has 2 aromatic heterocycles. The fourth-order valence-corrected chi connectivity index (χ4v) is 2.00. The van der Waals surface area contributed by atoms with Crippen molar-refractivity contribution < 1.29 is 4.42 Å². The Kier molecular flexibility index (Phi) is 5.56. The molecule has 2 rings (SSSR count). The molecule has 0 amide bonds. The number of nitrogens with zero attached hydrogens (tertiary/aromatic N) is 4. The van der Waals surface area contributed by atoms with Crippen molar-refractivity contribution in [1.29, 1.82) is 0 Å². The van der Waals surface area contributed by atoms with Gasteiger partial charge >= 0.3 is 0 Å². The van der Waals surface area contributed by atoms with Gasteiger partial charge in [0.25, 0.3) is 0 Å². The minimum atomic E-state index is 0.494. The van der Waals surface area contributed by atoms with Gasteiger partial charge in [-0.05, 0) is 31.5 Å². The maximum atomic E-state index is 5.54. The summed E-state index contributed by atoms with van der Waals surface area (Å²) in [5, 5.41) is 6.46. The highest BCUT2D eigenvalue weighted by Crippen LogP contribution is 2.09. The van der Waals surface area contributed by atoms with Crippen molar-refractivity contribution >= 4 is 11.8 Å². The topological polar surface area (TPSA) is 78.6 Å². The van der Waals surface area contributed by atoms with E-state index >= 15 is 0 Å². The van der Waals surface area contributed by atoms with Gasteiger partial charge < -0.3 is 20.0 Å². The molecule has 0 aliphatic carbocycles. The van der Waals surface area contributed by atoms with Crippen LogP contribution in [0.5, 0.6) is 0 Å². The highest BCUT2D eigenvalue weighted by molar-refractivity contribution is 5.79.